The van der Waals surface area contributed by atoms with E-state index in [-0.39, 0.29) is 22.5 Å². The zero-order chi connectivity index (χ0) is 22.6. The molecule has 0 bridgehead atoms. The average Bonchev–Trinajstić information content (AvgIpc) is 2.75. The summed E-state index contributed by atoms with van der Waals surface area (Å²) in [4.78, 5) is 37.7. The molecule has 0 saturated heterocycles. The summed E-state index contributed by atoms with van der Waals surface area (Å²) in [7, 11) is 6.56. The van der Waals surface area contributed by atoms with Crippen LogP contribution in [-0.2, 0) is 23.8 Å². The number of esters is 3. The Kier molecular flexibility index (Phi) is 7.10. The van der Waals surface area contributed by atoms with Crippen LogP contribution in [0.2, 0.25) is 0 Å². The fourth-order valence-electron chi connectivity index (χ4n) is 3.48. The zero-order valence-electron chi connectivity index (χ0n) is 18.0. The van der Waals surface area contributed by atoms with Crippen molar-refractivity contribution < 1.29 is 38.1 Å². The lowest BCUT2D eigenvalue weighted by molar-refractivity contribution is -0.137. The molecule has 0 amide bonds. The number of dihydropyridines is 1. The molecule has 30 heavy (non-hydrogen) atoms. The number of hydrogen-bond donors (Lipinski definition) is 1. The number of methoxy groups -OCH3 is 5. The van der Waals surface area contributed by atoms with Crippen LogP contribution < -0.4 is 14.8 Å². The summed E-state index contributed by atoms with van der Waals surface area (Å²) >= 11 is 0. The Morgan fingerprint density at radius 1 is 0.733 bits per heavy atom. The van der Waals surface area contributed by atoms with E-state index in [1.807, 2.05) is 0 Å². The maximum Gasteiger partial charge on any atom is 0.341 e. The molecule has 9 heteroatoms. The van der Waals surface area contributed by atoms with Crippen LogP contribution in [0.15, 0.2) is 34.7 Å². The van der Waals surface area contributed by atoms with Gasteiger partial charge in [-0.15, -0.1) is 0 Å². The summed E-state index contributed by atoms with van der Waals surface area (Å²) in [5.74, 6) is -2.33. The molecule has 0 aromatic heterocycles. The van der Waals surface area contributed by atoms with Crippen molar-refractivity contribution in [3.8, 4) is 11.5 Å². The van der Waals surface area contributed by atoms with E-state index in [1.54, 1.807) is 13.8 Å². The molecule has 0 atom stereocenters. The van der Waals surface area contributed by atoms with Gasteiger partial charge in [0.15, 0.2) is 0 Å². The molecule has 0 radical (unpaired) electrons. The summed E-state index contributed by atoms with van der Waals surface area (Å²) in [6.45, 7) is 3.38. The molecule has 0 fully saturated rings. The Morgan fingerprint density at radius 2 is 1.20 bits per heavy atom. The molecular formula is C21H25NO8. The van der Waals surface area contributed by atoms with Gasteiger partial charge >= 0.3 is 17.9 Å². The van der Waals surface area contributed by atoms with Crippen molar-refractivity contribution >= 4 is 17.9 Å². The smallest absolute Gasteiger partial charge is 0.341 e. The second-order valence-electron chi connectivity index (χ2n) is 6.40. The lowest BCUT2D eigenvalue weighted by Crippen LogP contribution is -2.32. The Labute approximate surface area is 174 Å². The molecule has 0 unspecified atom stereocenters. The highest BCUT2D eigenvalue weighted by Gasteiger charge is 2.39. The first-order valence-corrected chi connectivity index (χ1v) is 8.94. The van der Waals surface area contributed by atoms with Crippen molar-refractivity contribution in [3.63, 3.8) is 0 Å². The van der Waals surface area contributed by atoms with Crippen molar-refractivity contribution in [2.24, 2.45) is 0 Å². The van der Waals surface area contributed by atoms with Crippen molar-refractivity contribution in [1.29, 1.82) is 0 Å². The number of rotatable bonds is 6. The van der Waals surface area contributed by atoms with Crippen molar-refractivity contribution in [3.05, 3.63) is 45.8 Å². The first-order valence-electron chi connectivity index (χ1n) is 8.94. The summed E-state index contributed by atoms with van der Waals surface area (Å²) in [6.07, 6.45) is 0. The lowest BCUT2D eigenvalue weighted by Gasteiger charge is -2.31. The SMILES string of the molecule is COC(=O)C1=C(C)NC(C)=C(C(=O)OC)C1c1cc(C(=O)OC)c(OC)cc1OC. The number of allylic oxidation sites excluding steroid dienone is 2. The maximum absolute atomic E-state index is 12.7. The van der Waals surface area contributed by atoms with E-state index in [0.29, 0.717) is 22.7 Å². The predicted octanol–water partition coefficient (Wildman–Crippen LogP) is 2.07. The molecule has 1 aliphatic rings. The largest absolute Gasteiger partial charge is 0.496 e. The highest BCUT2D eigenvalue weighted by Crippen LogP contribution is 2.44. The van der Waals surface area contributed by atoms with Gasteiger partial charge in [0, 0.05) is 23.0 Å². The van der Waals surface area contributed by atoms with Crippen LogP contribution in [0.25, 0.3) is 0 Å². The molecular weight excluding hydrogens is 394 g/mol. The van der Waals surface area contributed by atoms with E-state index in [1.165, 1.54) is 47.7 Å². The average molecular weight is 419 g/mol. The number of ether oxygens (including phenoxy) is 5. The lowest BCUT2D eigenvalue weighted by atomic mass is 9.79. The van der Waals surface area contributed by atoms with Crippen LogP contribution >= 0.6 is 0 Å². The fourth-order valence-corrected chi connectivity index (χ4v) is 3.48. The van der Waals surface area contributed by atoms with Gasteiger partial charge in [-0.2, -0.15) is 0 Å². The molecule has 1 aromatic carbocycles. The quantitative estimate of drug-likeness (QED) is 0.547. The number of hydrogen-bond acceptors (Lipinski definition) is 9. The van der Waals surface area contributed by atoms with E-state index in [4.69, 9.17) is 23.7 Å². The molecule has 1 aliphatic heterocycles. The Hall–Kier alpha value is -3.49. The highest BCUT2D eigenvalue weighted by molar-refractivity contribution is 6.01. The van der Waals surface area contributed by atoms with E-state index < -0.39 is 23.8 Å². The van der Waals surface area contributed by atoms with Gasteiger partial charge in [-0.3, -0.25) is 0 Å². The fraction of sp³-hybridized carbons (Fsp3) is 0.381. The normalized spacial score (nSPS) is 14.1. The zero-order valence-corrected chi connectivity index (χ0v) is 18.0. The predicted molar refractivity (Wildman–Crippen MR) is 106 cm³/mol. The molecule has 1 aromatic rings. The summed E-state index contributed by atoms with van der Waals surface area (Å²) in [5.41, 5.74) is 1.84. The van der Waals surface area contributed by atoms with E-state index >= 15 is 0 Å². The minimum Gasteiger partial charge on any atom is -0.496 e. The van der Waals surface area contributed by atoms with Crippen molar-refractivity contribution in [2.75, 3.05) is 35.5 Å². The molecule has 2 rings (SSSR count). The van der Waals surface area contributed by atoms with Gasteiger partial charge in [0.05, 0.1) is 52.6 Å². The molecule has 9 nitrogen and oxygen atoms in total. The number of carbonyl (C=O) groups excluding carboxylic acids is 3. The molecule has 0 spiro atoms. The van der Waals surface area contributed by atoms with Crippen LogP contribution in [0.3, 0.4) is 0 Å². The van der Waals surface area contributed by atoms with E-state index in [2.05, 4.69) is 5.32 Å². The summed E-state index contributed by atoms with van der Waals surface area (Å²) in [6, 6.07) is 2.98. The first kappa shape index (κ1) is 22.8. The van der Waals surface area contributed by atoms with Gasteiger partial charge in [-0.05, 0) is 19.9 Å². The molecule has 0 saturated carbocycles. The second-order valence-corrected chi connectivity index (χ2v) is 6.40. The van der Waals surface area contributed by atoms with Crippen LogP contribution in [0.4, 0.5) is 0 Å². The van der Waals surface area contributed by atoms with Gasteiger partial charge in [-0.1, -0.05) is 0 Å². The first-order chi connectivity index (χ1) is 14.2. The molecule has 162 valence electrons. The van der Waals surface area contributed by atoms with Gasteiger partial charge in [0.25, 0.3) is 0 Å². The monoisotopic (exact) mass is 419 g/mol. The molecule has 1 heterocycles. The van der Waals surface area contributed by atoms with Gasteiger partial charge in [0.1, 0.15) is 17.1 Å². The van der Waals surface area contributed by atoms with Gasteiger partial charge in [0.2, 0.25) is 0 Å². The number of benzene rings is 1. The second kappa shape index (κ2) is 9.34. The van der Waals surface area contributed by atoms with Gasteiger partial charge < -0.3 is 29.0 Å². The molecule has 0 aliphatic carbocycles. The van der Waals surface area contributed by atoms with Crippen molar-refractivity contribution in [1.82, 2.24) is 5.32 Å². The number of nitrogens with one attached hydrogen (secondary N) is 1. The van der Waals surface area contributed by atoms with Gasteiger partial charge in [-0.25, -0.2) is 14.4 Å². The third-order valence-corrected chi connectivity index (χ3v) is 4.84. The topological polar surface area (TPSA) is 109 Å². The van der Waals surface area contributed by atoms with Crippen LogP contribution in [-0.4, -0.2) is 53.5 Å². The standard InChI is InChI=1S/C21H25NO8/c1-10-16(20(24)29-6)18(17(11(2)22-10)21(25)30-7)12-8-13(19(23)28-5)15(27-4)9-14(12)26-3/h8-9,18,22H,1-7H3. The molecule has 1 N–H and O–H groups in total. The van der Waals surface area contributed by atoms with Crippen LogP contribution in [0.5, 0.6) is 11.5 Å². The van der Waals surface area contributed by atoms with Crippen molar-refractivity contribution in [2.45, 2.75) is 19.8 Å². The van der Waals surface area contributed by atoms with Crippen LogP contribution in [0, 0.1) is 0 Å². The Balaban J connectivity index is 2.91. The number of carbonyl (C=O) groups is 3. The Morgan fingerprint density at radius 3 is 1.60 bits per heavy atom. The summed E-state index contributed by atoms with van der Waals surface area (Å²) < 4.78 is 25.6. The third kappa shape index (κ3) is 3.96. The minimum absolute atomic E-state index is 0.109. The summed E-state index contributed by atoms with van der Waals surface area (Å²) in [5, 5.41) is 3.02. The highest BCUT2D eigenvalue weighted by atomic mass is 16.5. The Bertz CT molecular complexity index is 907. The maximum atomic E-state index is 12.7. The third-order valence-electron chi connectivity index (χ3n) is 4.84. The van der Waals surface area contributed by atoms with Crippen LogP contribution in [0.1, 0.15) is 35.7 Å². The van der Waals surface area contributed by atoms with E-state index in [9.17, 15) is 14.4 Å². The van der Waals surface area contributed by atoms with E-state index in [0.717, 1.165) is 0 Å². The minimum atomic E-state index is -0.921.